The molecule has 0 aromatic heterocycles. The van der Waals surface area contributed by atoms with Gasteiger partial charge in [-0.2, -0.15) is 0 Å². The molecule has 82 valence electrons. The van der Waals surface area contributed by atoms with Crippen molar-refractivity contribution in [3.8, 4) is 0 Å². The Morgan fingerprint density at radius 3 is 2.93 bits per heavy atom. The van der Waals surface area contributed by atoms with E-state index < -0.39 is 17.2 Å². The molecule has 15 heavy (non-hydrogen) atoms. The molecule has 0 spiro atoms. The standard InChI is InChI=1S/C9H11NO4S/c1-14-9(11)10-6-7-3-2-4-8(5-7)15(12)13/h2-5H,6H2,1H3,(H,10,11)(H,12,13). The second-order valence-corrected chi connectivity index (χ2v) is 3.71. The molecule has 1 unspecified atom stereocenters. The Morgan fingerprint density at radius 2 is 2.33 bits per heavy atom. The molecule has 0 aliphatic carbocycles. The number of amides is 1. The highest BCUT2D eigenvalue weighted by atomic mass is 32.2. The van der Waals surface area contributed by atoms with Crippen molar-refractivity contribution in [3.63, 3.8) is 0 Å². The van der Waals surface area contributed by atoms with Gasteiger partial charge in [-0.3, -0.25) is 0 Å². The van der Waals surface area contributed by atoms with Crippen LogP contribution >= 0.6 is 0 Å². The normalized spacial score (nSPS) is 11.9. The van der Waals surface area contributed by atoms with Gasteiger partial charge in [0.05, 0.1) is 12.0 Å². The lowest BCUT2D eigenvalue weighted by atomic mass is 10.2. The SMILES string of the molecule is COC(=O)NCc1cccc(S(=O)O)c1. The van der Waals surface area contributed by atoms with E-state index in [4.69, 9.17) is 4.55 Å². The third kappa shape index (κ3) is 3.69. The van der Waals surface area contributed by atoms with Crippen LogP contribution in [0.15, 0.2) is 29.2 Å². The fourth-order valence-electron chi connectivity index (χ4n) is 1.01. The fraction of sp³-hybridized carbons (Fsp3) is 0.222. The minimum Gasteiger partial charge on any atom is -0.453 e. The van der Waals surface area contributed by atoms with Gasteiger partial charge in [0.1, 0.15) is 0 Å². The van der Waals surface area contributed by atoms with Gasteiger partial charge >= 0.3 is 6.09 Å². The molecule has 1 aromatic rings. The number of carbonyl (C=O) groups excluding carboxylic acids is 1. The first-order valence-corrected chi connectivity index (χ1v) is 5.26. The van der Waals surface area contributed by atoms with Crippen molar-refractivity contribution in [3.05, 3.63) is 29.8 Å². The van der Waals surface area contributed by atoms with Crippen molar-refractivity contribution < 1.29 is 18.3 Å². The molecule has 0 aliphatic rings. The lowest BCUT2D eigenvalue weighted by molar-refractivity contribution is 0.170. The smallest absolute Gasteiger partial charge is 0.407 e. The Kier molecular flexibility index (Phi) is 4.26. The molecule has 0 radical (unpaired) electrons. The van der Waals surface area contributed by atoms with Crippen molar-refractivity contribution in [1.82, 2.24) is 5.32 Å². The van der Waals surface area contributed by atoms with Crippen molar-refractivity contribution in [2.45, 2.75) is 11.4 Å². The van der Waals surface area contributed by atoms with Gasteiger partial charge in [-0.1, -0.05) is 12.1 Å². The molecule has 0 aliphatic heterocycles. The highest BCUT2D eigenvalue weighted by Gasteiger charge is 2.02. The fourth-order valence-corrected chi connectivity index (χ4v) is 1.46. The van der Waals surface area contributed by atoms with E-state index in [2.05, 4.69) is 10.1 Å². The van der Waals surface area contributed by atoms with Gasteiger partial charge < -0.3 is 14.6 Å². The van der Waals surface area contributed by atoms with Crippen LogP contribution in [0.4, 0.5) is 4.79 Å². The predicted octanol–water partition coefficient (Wildman–Crippen LogP) is 1.12. The first-order valence-electron chi connectivity index (χ1n) is 4.15. The van der Waals surface area contributed by atoms with Crippen LogP contribution < -0.4 is 5.32 Å². The molecule has 6 heteroatoms. The molecule has 5 nitrogen and oxygen atoms in total. The summed E-state index contributed by atoms with van der Waals surface area (Å²) >= 11 is -2.00. The molecular weight excluding hydrogens is 218 g/mol. The average molecular weight is 229 g/mol. The molecule has 1 atom stereocenters. The van der Waals surface area contributed by atoms with E-state index in [-0.39, 0.29) is 6.54 Å². The minimum absolute atomic E-state index is 0.262. The van der Waals surface area contributed by atoms with Gasteiger partial charge in [0.25, 0.3) is 0 Å². The van der Waals surface area contributed by atoms with E-state index in [0.717, 1.165) is 5.56 Å². The van der Waals surface area contributed by atoms with Crippen molar-refractivity contribution >= 4 is 17.2 Å². The van der Waals surface area contributed by atoms with Gasteiger partial charge in [0.2, 0.25) is 0 Å². The molecule has 0 fully saturated rings. The number of carbonyl (C=O) groups is 1. The summed E-state index contributed by atoms with van der Waals surface area (Å²) in [6, 6.07) is 6.48. The molecule has 0 saturated heterocycles. The van der Waals surface area contributed by atoms with E-state index in [1.165, 1.54) is 13.2 Å². The highest BCUT2D eigenvalue weighted by Crippen LogP contribution is 2.08. The molecule has 0 heterocycles. The molecule has 1 amide bonds. The zero-order valence-electron chi connectivity index (χ0n) is 8.10. The summed E-state index contributed by atoms with van der Waals surface area (Å²) in [5.41, 5.74) is 0.736. The van der Waals surface area contributed by atoms with Crippen LogP contribution in [0.3, 0.4) is 0 Å². The molecule has 1 aromatic carbocycles. The number of rotatable bonds is 3. The summed E-state index contributed by atoms with van der Waals surface area (Å²) in [6.45, 7) is 0.262. The van der Waals surface area contributed by atoms with E-state index in [1.54, 1.807) is 18.2 Å². The first kappa shape index (κ1) is 11.7. The van der Waals surface area contributed by atoms with Gasteiger partial charge in [0, 0.05) is 6.54 Å². The summed E-state index contributed by atoms with van der Waals surface area (Å²) in [6.07, 6.45) is -0.537. The largest absolute Gasteiger partial charge is 0.453 e. The summed E-state index contributed by atoms with van der Waals surface area (Å²) < 4.78 is 24.0. The van der Waals surface area contributed by atoms with Gasteiger partial charge in [-0.15, -0.1) is 0 Å². The van der Waals surface area contributed by atoms with Crippen molar-refractivity contribution in [2.24, 2.45) is 0 Å². The monoisotopic (exact) mass is 229 g/mol. The van der Waals surface area contributed by atoms with E-state index in [0.29, 0.717) is 4.90 Å². The minimum atomic E-state index is -2.00. The summed E-state index contributed by atoms with van der Waals surface area (Å²) in [7, 11) is 1.27. The molecular formula is C9H11NO4S. The maximum atomic E-state index is 10.8. The Bertz CT molecular complexity index is 380. The lowest BCUT2D eigenvalue weighted by Gasteiger charge is -2.04. The number of methoxy groups -OCH3 is 1. The van der Waals surface area contributed by atoms with Gasteiger partial charge in [-0.25, -0.2) is 9.00 Å². The van der Waals surface area contributed by atoms with E-state index in [1.807, 2.05) is 0 Å². The molecule has 1 rings (SSSR count). The van der Waals surface area contributed by atoms with Crippen LogP contribution in [0.25, 0.3) is 0 Å². The quantitative estimate of drug-likeness (QED) is 0.762. The lowest BCUT2D eigenvalue weighted by Crippen LogP contribution is -2.22. The highest BCUT2D eigenvalue weighted by molar-refractivity contribution is 7.79. The molecule has 0 bridgehead atoms. The maximum Gasteiger partial charge on any atom is 0.407 e. The van der Waals surface area contributed by atoms with Crippen LogP contribution in [0.1, 0.15) is 5.56 Å². The zero-order chi connectivity index (χ0) is 11.3. The predicted molar refractivity (Wildman–Crippen MR) is 54.7 cm³/mol. The van der Waals surface area contributed by atoms with E-state index in [9.17, 15) is 9.00 Å². The first-order chi connectivity index (χ1) is 7.13. The van der Waals surface area contributed by atoms with Crippen molar-refractivity contribution in [1.29, 1.82) is 0 Å². The third-order valence-electron chi connectivity index (χ3n) is 1.72. The Labute approximate surface area is 89.7 Å². The molecule has 0 saturated carbocycles. The Morgan fingerprint density at radius 1 is 1.60 bits per heavy atom. The second-order valence-electron chi connectivity index (χ2n) is 2.74. The summed E-state index contributed by atoms with van der Waals surface area (Å²) in [5, 5.41) is 2.47. The third-order valence-corrected chi connectivity index (χ3v) is 2.38. The second kappa shape index (κ2) is 5.47. The van der Waals surface area contributed by atoms with Gasteiger partial charge in [0.15, 0.2) is 11.1 Å². The van der Waals surface area contributed by atoms with Crippen LogP contribution in [0.5, 0.6) is 0 Å². The van der Waals surface area contributed by atoms with Crippen LogP contribution in [0, 0.1) is 0 Å². The molecule has 2 N–H and O–H groups in total. The summed E-state index contributed by atoms with van der Waals surface area (Å²) in [4.78, 5) is 11.1. The van der Waals surface area contributed by atoms with Crippen LogP contribution in [0.2, 0.25) is 0 Å². The van der Waals surface area contributed by atoms with Crippen LogP contribution in [-0.4, -0.2) is 22.0 Å². The number of hydrogen-bond acceptors (Lipinski definition) is 3. The number of nitrogens with one attached hydrogen (secondary N) is 1. The average Bonchev–Trinajstić information content (AvgIpc) is 2.26. The zero-order valence-corrected chi connectivity index (χ0v) is 8.91. The number of benzene rings is 1. The van der Waals surface area contributed by atoms with E-state index >= 15 is 0 Å². The van der Waals surface area contributed by atoms with Crippen LogP contribution in [-0.2, 0) is 22.4 Å². The topological polar surface area (TPSA) is 75.6 Å². The Balaban J connectivity index is 2.66. The maximum absolute atomic E-state index is 10.8. The van der Waals surface area contributed by atoms with Gasteiger partial charge in [-0.05, 0) is 17.7 Å². The number of ether oxygens (including phenoxy) is 1. The number of alkyl carbamates (subject to hydrolysis) is 1. The number of hydrogen-bond donors (Lipinski definition) is 2. The van der Waals surface area contributed by atoms with Crippen molar-refractivity contribution in [2.75, 3.05) is 7.11 Å². The Hall–Kier alpha value is -1.40. The summed E-state index contributed by atoms with van der Waals surface area (Å²) in [5.74, 6) is 0.